The van der Waals surface area contributed by atoms with Crippen LogP contribution in [0.5, 0.6) is 0 Å². The third-order valence-corrected chi connectivity index (χ3v) is 3.02. The second kappa shape index (κ2) is 7.57. The van der Waals surface area contributed by atoms with Crippen molar-refractivity contribution in [2.45, 2.75) is 33.1 Å². The monoisotopic (exact) mass is 254 g/mol. The number of anilines is 1. The molecule has 17 heavy (non-hydrogen) atoms. The molecule has 0 spiro atoms. The van der Waals surface area contributed by atoms with Crippen LogP contribution in [0.1, 0.15) is 32.3 Å². The highest BCUT2D eigenvalue weighted by molar-refractivity contribution is 6.30. The number of hydrogen-bond donors (Lipinski definition) is 1. The fourth-order valence-electron chi connectivity index (χ4n) is 2.09. The highest BCUT2D eigenvalue weighted by Crippen LogP contribution is 2.25. The predicted octanol–water partition coefficient (Wildman–Crippen LogP) is 3.47. The molecule has 0 atom stereocenters. The zero-order chi connectivity index (χ0) is 12.7. The van der Waals surface area contributed by atoms with Gasteiger partial charge in [0.05, 0.1) is 0 Å². The van der Waals surface area contributed by atoms with Gasteiger partial charge in [-0.3, -0.25) is 0 Å². The number of rotatable bonds is 7. The van der Waals surface area contributed by atoms with E-state index in [0.717, 1.165) is 37.4 Å². The normalized spacial score (nSPS) is 10.6. The lowest BCUT2D eigenvalue weighted by Gasteiger charge is -2.26. The molecular formula is C14H23ClN2. The maximum absolute atomic E-state index is 6.10. The minimum atomic E-state index is 0.681. The minimum Gasteiger partial charge on any atom is -0.371 e. The number of halogens is 1. The van der Waals surface area contributed by atoms with E-state index >= 15 is 0 Å². The average molecular weight is 255 g/mol. The van der Waals surface area contributed by atoms with Crippen LogP contribution in [-0.2, 0) is 6.42 Å². The molecule has 0 fully saturated rings. The van der Waals surface area contributed by atoms with E-state index in [1.54, 1.807) is 0 Å². The van der Waals surface area contributed by atoms with Gasteiger partial charge in [-0.2, -0.15) is 0 Å². The Balaban J connectivity index is 3.00. The largest absolute Gasteiger partial charge is 0.371 e. The van der Waals surface area contributed by atoms with Gasteiger partial charge in [0, 0.05) is 23.8 Å². The molecule has 0 unspecified atom stereocenters. The maximum atomic E-state index is 6.10. The standard InChI is InChI=1S/C14H23ClN2/c1-3-9-17(10-4-2)14-11-13(15)6-5-12(14)7-8-16/h5-6,11H,3-4,7-10,16H2,1-2H3. The number of hydrogen-bond acceptors (Lipinski definition) is 2. The van der Waals surface area contributed by atoms with Crippen LogP contribution in [0, 0.1) is 0 Å². The first-order valence-corrected chi connectivity index (χ1v) is 6.84. The Hall–Kier alpha value is -0.730. The molecule has 0 aliphatic rings. The molecule has 0 bridgehead atoms. The summed E-state index contributed by atoms with van der Waals surface area (Å²) >= 11 is 6.10. The molecule has 0 aliphatic carbocycles. The SMILES string of the molecule is CCCN(CCC)c1cc(Cl)ccc1CCN. The fourth-order valence-corrected chi connectivity index (χ4v) is 2.26. The van der Waals surface area contributed by atoms with Gasteiger partial charge in [0.15, 0.2) is 0 Å². The quantitative estimate of drug-likeness (QED) is 0.807. The van der Waals surface area contributed by atoms with Gasteiger partial charge < -0.3 is 10.6 Å². The van der Waals surface area contributed by atoms with E-state index in [1.807, 2.05) is 6.07 Å². The molecule has 1 aromatic rings. The Labute approximate surface area is 110 Å². The molecule has 1 aromatic carbocycles. The Morgan fingerprint density at radius 2 is 1.82 bits per heavy atom. The van der Waals surface area contributed by atoms with Crippen LogP contribution < -0.4 is 10.6 Å². The first-order valence-electron chi connectivity index (χ1n) is 6.46. The summed E-state index contributed by atoms with van der Waals surface area (Å²) < 4.78 is 0. The molecule has 3 heteroatoms. The summed E-state index contributed by atoms with van der Waals surface area (Å²) in [4.78, 5) is 2.41. The summed E-state index contributed by atoms with van der Waals surface area (Å²) in [5.74, 6) is 0. The van der Waals surface area contributed by atoms with Crippen LogP contribution in [0.3, 0.4) is 0 Å². The first-order chi connectivity index (χ1) is 8.22. The van der Waals surface area contributed by atoms with Gasteiger partial charge >= 0.3 is 0 Å². The lowest BCUT2D eigenvalue weighted by Crippen LogP contribution is -2.26. The van der Waals surface area contributed by atoms with E-state index in [2.05, 4.69) is 30.9 Å². The van der Waals surface area contributed by atoms with Crippen molar-refractivity contribution in [2.24, 2.45) is 5.73 Å². The summed E-state index contributed by atoms with van der Waals surface area (Å²) in [7, 11) is 0. The van der Waals surface area contributed by atoms with Crippen molar-refractivity contribution in [1.29, 1.82) is 0 Å². The van der Waals surface area contributed by atoms with Crippen molar-refractivity contribution in [2.75, 3.05) is 24.5 Å². The van der Waals surface area contributed by atoms with E-state index < -0.39 is 0 Å². The summed E-state index contributed by atoms with van der Waals surface area (Å²) in [6.45, 7) is 7.24. The molecule has 96 valence electrons. The first kappa shape index (κ1) is 14.3. The Morgan fingerprint density at radius 3 is 2.35 bits per heavy atom. The molecule has 0 saturated carbocycles. The Bertz CT molecular complexity index is 333. The summed E-state index contributed by atoms with van der Waals surface area (Å²) in [5, 5.41) is 0.804. The highest BCUT2D eigenvalue weighted by Gasteiger charge is 2.10. The van der Waals surface area contributed by atoms with E-state index in [9.17, 15) is 0 Å². The van der Waals surface area contributed by atoms with E-state index in [-0.39, 0.29) is 0 Å². The van der Waals surface area contributed by atoms with Gasteiger partial charge in [0.2, 0.25) is 0 Å². The lowest BCUT2D eigenvalue weighted by atomic mass is 10.1. The van der Waals surface area contributed by atoms with Crippen LogP contribution in [0.15, 0.2) is 18.2 Å². The molecule has 0 aliphatic heterocycles. The molecule has 0 radical (unpaired) electrons. The molecule has 0 aromatic heterocycles. The van der Waals surface area contributed by atoms with Gasteiger partial charge in [-0.1, -0.05) is 31.5 Å². The molecular weight excluding hydrogens is 232 g/mol. The fraction of sp³-hybridized carbons (Fsp3) is 0.571. The number of benzene rings is 1. The van der Waals surface area contributed by atoms with Crippen molar-refractivity contribution in [3.05, 3.63) is 28.8 Å². The zero-order valence-corrected chi connectivity index (χ0v) is 11.6. The average Bonchev–Trinajstić information content (AvgIpc) is 2.31. The topological polar surface area (TPSA) is 29.3 Å². The molecule has 0 saturated heterocycles. The van der Waals surface area contributed by atoms with Crippen LogP contribution >= 0.6 is 11.6 Å². The van der Waals surface area contributed by atoms with Gasteiger partial charge in [-0.25, -0.2) is 0 Å². The zero-order valence-electron chi connectivity index (χ0n) is 10.9. The van der Waals surface area contributed by atoms with Crippen molar-refractivity contribution in [3.63, 3.8) is 0 Å². The maximum Gasteiger partial charge on any atom is 0.0426 e. The summed E-state index contributed by atoms with van der Waals surface area (Å²) in [6.07, 6.45) is 3.21. The number of nitrogens with zero attached hydrogens (tertiary/aromatic N) is 1. The second-order valence-electron chi connectivity index (χ2n) is 4.30. The van der Waals surface area contributed by atoms with Gasteiger partial charge in [0.25, 0.3) is 0 Å². The number of nitrogens with two attached hydrogens (primary N) is 1. The smallest absolute Gasteiger partial charge is 0.0426 e. The molecule has 2 nitrogen and oxygen atoms in total. The predicted molar refractivity (Wildman–Crippen MR) is 77.0 cm³/mol. The highest BCUT2D eigenvalue weighted by atomic mass is 35.5. The van der Waals surface area contributed by atoms with Crippen molar-refractivity contribution >= 4 is 17.3 Å². The third-order valence-electron chi connectivity index (χ3n) is 2.79. The van der Waals surface area contributed by atoms with E-state index in [0.29, 0.717) is 6.54 Å². The third kappa shape index (κ3) is 4.21. The van der Waals surface area contributed by atoms with Crippen LogP contribution in [0.25, 0.3) is 0 Å². The molecule has 0 amide bonds. The van der Waals surface area contributed by atoms with Crippen LogP contribution in [0.2, 0.25) is 5.02 Å². The molecule has 2 N–H and O–H groups in total. The van der Waals surface area contributed by atoms with E-state index in [4.69, 9.17) is 17.3 Å². The van der Waals surface area contributed by atoms with Gasteiger partial charge in [-0.05, 0) is 43.5 Å². The van der Waals surface area contributed by atoms with Gasteiger partial charge in [-0.15, -0.1) is 0 Å². The summed E-state index contributed by atoms with van der Waals surface area (Å²) in [5.41, 5.74) is 8.22. The summed E-state index contributed by atoms with van der Waals surface area (Å²) in [6, 6.07) is 6.12. The van der Waals surface area contributed by atoms with Crippen molar-refractivity contribution in [3.8, 4) is 0 Å². The Morgan fingerprint density at radius 1 is 1.18 bits per heavy atom. The molecule has 0 heterocycles. The second-order valence-corrected chi connectivity index (χ2v) is 4.74. The van der Waals surface area contributed by atoms with Crippen LogP contribution in [0.4, 0.5) is 5.69 Å². The van der Waals surface area contributed by atoms with E-state index in [1.165, 1.54) is 11.3 Å². The lowest BCUT2D eigenvalue weighted by molar-refractivity contribution is 0.739. The van der Waals surface area contributed by atoms with Crippen molar-refractivity contribution < 1.29 is 0 Å². The Kier molecular flexibility index (Phi) is 6.38. The molecule has 1 rings (SSSR count). The minimum absolute atomic E-state index is 0.681. The van der Waals surface area contributed by atoms with Crippen LogP contribution in [-0.4, -0.2) is 19.6 Å². The van der Waals surface area contributed by atoms with Crippen molar-refractivity contribution in [1.82, 2.24) is 0 Å². The van der Waals surface area contributed by atoms with Gasteiger partial charge in [0.1, 0.15) is 0 Å².